The monoisotopic (exact) mass is 254 g/mol. The molecule has 1 rings (SSSR count). The number of carbonyl (C=O) groups excluding carboxylic acids is 1. The topological polar surface area (TPSA) is 99.4 Å². The van der Waals surface area contributed by atoms with E-state index in [1.807, 2.05) is 0 Å². The first-order chi connectivity index (χ1) is 8.56. The van der Waals surface area contributed by atoms with E-state index >= 15 is 0 Å². The van der Waals surface area contributed by atoms with Crippen molar-refractivity contribution in [2.45, 2.75) is 19.4 Å². The third-order valence-electron chi connectivity index (χ3n) is 2.24. The van der Waals surface area contributed by atoms with E-state index < -0.39 is 6.04 Å². The van der Waals surface area contributed by atoms with E-state index in [0.717, 1.165) is 0 Å². The molecule has 0 spiro atoms. The zero-order valence-electron chi connectivity index (χ0n) is 10.8. The van der Waals surface area contributed by atoms with E-state index in [1.165, 1.54) is 7.11 Å². The number of amides is 1. The van der Waals surface area contributed by atoms with Crippen LogP contribution in [0.1, 0.15) is 12.1 Å². The van der Waals surface area contributed by atoms with Crippen LogP contribution < -0.4 is 15.8 Å². The van der Waals surface area contributed by atoms with Gasteiger partial charge in [-0.1, -0.05) is 0 Å². The molecule has 0 radical (unpaired) electrons. The third kappa shape index (κ3) is 4.27. The molecule has 7 heteroatoms. The van der Waals surface area contributed by atoms with Gasteiger partial charge in [0.05, 0.1) is 13.2 Å². The Balaban J connectivity index is 2.66. The van der Waals surface area contributed by atoms with Gasteiger partial charge in [0.2, 0.25) is 17.7 Å². The summed E-state index contributed by atoms with van der Waals surface area (Å²) < 4.78 is 9.85. The molecule has 0 aliphatic rings. The van der Waals surface area contributed by atoms with E-state index in [1.54, 1.807) is 20.1 Å². The SMILES string of the molecule is COCCC(N)C(=O)Nc1nc(C)cc(OC)n1. The molecular weight excluding hydrogens is 236 g/mol. The predicted octanol–water partition coefficient (Wildman–Crippen LogP) is 0.0959. The minimum Gasteiger partial charge on any atom is -0.481 e. The molecule has 0 aromatic carbocycles. The normalized spacial score (nSPS) is 12.0. The number of hydrogen-bond donors (Lipinski definition) is 2. The molecule has 0 aliphatic heterocycles. The fourth-order valence-electron chi connectivity index (χ4n) is 1.28. The molecule has 0 aliphatic carbocycles. The van der Waals surface area contributed by atoms with Crippen molar-refractivity contribution < 1.29 is 14.3 Å². The first-order valence-corrected chi connectivity index (χ1v) is 5.52. The molecule has 0 fully saturated rings. The minimum atomic E-state index is -0.653. The minimum absolute atomic E-state index is 0.185. The van der Waals surface area contributed by atoms with Crippen LogP contribution in [-0.2, 0) is 9.53 Å². The molecule has 1 aromatic rings. The van der Waals surface area contributed by atoms with Crippen molar-refractivity contribution >= 4 is 11.9 Å². The summed E-state index contributed by atoms with van der Waals surface area (Å²) in [5, 5.41) is 2.54. The lowest BCUT2D eigenvalue weighted by Gasteiger charge is -2.11. The van der Waals surface area contributed by atoms with Gasteiger partial charge in [-0.25, -0.2) is 4.98 Å². The van der Waals surface area contributed by atoms with Gasteiger partial charge in [-0.05, 0) is 13.3 Å². The molecule has 100 valence electrons. The second-order valence-corrected chi connectivity index (χ2v) is 3.75. The maximum atomic E-state index is 11.7. The van der Waals surface area contributed by atoms with Gasteiger partial charge in [-0.3, -0.25) is 10.1 Å². The quantitative estimate of drug-likeness (QED) is 0.746. The summed E-state index contributed by atoms with van der Waals surface area (Å²) in [4.78, 5) is 19.8. The Labute approximate surface area is 106 Å². The van der Waals surface area contributed by atoms with Crippen LogP contribution in [0.15, 0.2) is 6.07 Å². The number of aromatic nitrogens is 2. The van der Waals surface area contributed by atoms with Gasteiger partial charge in [-0.15, -0.1) is 0 Å². The Hall–Kier alpha value is -1.73. The summed E-state index contributed by atoms with van der Waals surface area (Å²) in [6.07, 6.45) is 0.436. The summed E-state index contributed by atoms with van der Waals surface area (Å²) in [5.41, 5.74) is 6.38. The third-order valence-corrected chi connectivity index (χ3v) is 2.24. The number of nitrogens with two attached hydrogens (primary N) is 1. The number of anilines is 1. The molecule has 0 saturated heterocycles. The summed E-state index contributed by atoms with van der Waals surface area (Å²) in [6, 6.07) is 1.01. The van der Waals surface area contributed by atoms with Crippen molar-refractivity contribution in [2.75, 3.05) is 26.1 Å². The number of rotatable bonds is 6. The van der Waals surface area contributed by atoms with Crippen LogP contribution in [0.4, 0.5) is 5.95 Å². The van der Waals surface area contributed by atoms with Crippen molar-refractivity contribution in [3.8, 4) is 5.88 Å². The molecule has 0 bridgehead atoms. The average molecular weight is 254 g/mol. The Morgan fingerprint density at radius 3 is 2.83 bits per heavy atom. The first kappa shape index (κ1) is 14.3. The zero-order chi connectivity index (χ0) is 13.5. The highest BCUT2D eigenvalue weighted by Gasteiger charge is 2.15. The zero-order valence-corrected chi connectivity index (χ0v) is 10.8. The lowest BCUT2D eigenvalue weighted by molar-refractivity contribution is -0.117. The van der Waals surface area contributed by atoms with Gasteiger partial charge < -0.3 is 15.2 Å². The van der Waals surface area contributed by atoms with Crippen LogP contribution in [0, 0.1) is 6.92 Å². The molecule has 1 unspecified atom stereocenters. The number of nitrogens with zero attached hydrogens (tertiary/aromatic N) is 2. The molecule has 18 heavy (non-hydrogen) atoms. The van der Waals surface area contributed by atoms with Gasteiger partial charge in [0, 0.05) is 25.5 Å². The average Bonchev–Trinajstić information content (AvgIpc) is 2.34. The van der Waals surface area contributed by atoms with Crippen LogP contribution in [0.2, 0.25) is 0 Å². The molecule has 3 N–H and O–H groups in total. The van der Waals surface area contributed by atoms with Crippen LogP contribution >= 0.6 is 0 Å². The van der Waals surface area contributed by atoms with Crippen molar-refractivity contribution in [2.24, 2.45) is 5.73 Å². The van der Waals surface area contributed by atoms with Crippen LogP contribution in [0.25, 0.3) is 0 Å². The molecular formula is C11H18N4O3. The van der Waals surface area contributed by atoms with Gasteiger partial charge in [0.15, 0.2) is 0 Å². The fourth-order valence-corrected chi connectivity index (χ4v) is 1.28. The summed E-state index contributed by atoms with van der Waals surface area (Å²) in [5.74, 6) is 0.229. The summed E-state index contributed by atoms with van der Waals surface area (Å²) >= 11 is 0. The number of hydrogen-bond acceptors (Lipinski definition) is 6. The van der Waals surface area contributed by atoms with Gasteiger partial charge in [0.25, 0.3) is 0 Å². The first-order valence-electron chi connectivity index (χ1n) is 5.52. The Morgan fingerprint density at radius 2 is 2.22 bits per heavy atom. The second-order valence-electron chi connectivity index (χ2n) is 3.75. The van der Waals surface area contributed by atoms with Gasteiger partial charge in [0.1, 0.15) is 0 Å². The van der Waals surface area contributed by atoms with Gasteiger partial charge in [-0.2, -0.15) is 4.98 Å². The number of ether oxygens (including phenoxy) is 2. The number of nitrogens with one attached hydrogen (secondary N) is 1. The predicted molar refractivity (Wildman–Crippen MR) is 66.4 cm³/mol. The second kappa shape index (κ2) is 6.87. The Kier molecular flexibility index (Phi) is 5.47. The molecule has 1 heterocycles. The van der Waals surface area contributed by atoms with Crippen molar-refractivity contribution in [1.29, 1.82) is 0 Å². The largest absolute Gasteiger partial charge is 0.481 e. The molecule has 0 saturated carbocycles. The van der Waals surface area contributed by atoms with Crippen molar-refractivity contribution in [1.82, 2.24) is 9.97 Å². The van der Waals surface area contributed by atoms with Crippen LogP contribution in [0.5, 0.6) is 5.88 Å². The Bertz CT molecular complexity index is 411. The highest BCUT2D eigenvalue weighted by molar-refractivity contribution is 5.93. The molecule has 1 amide bonds. The highest BCUT2D eigenvalue weighted by atomic mass is 16.5. The highest BCUT2D eigenvalue weighted by Crippen LogP contribution is 2.11. The number of carbonyl (C=O) groups is 1. The van der Waals surface area contributed by atoms with E-state index in [4.69, 9.17) is 15.2 Å². The van der Waals surface area contributed by atoms with Crippen molar-refractivity contribution in [3.63, 3.8) is 0 Å². The smallest absolute Gasteiger partial charge is 0.243 e. The maximum absolute atomic E-state index is 11.7. The number of aryl methyl sites for hydroxylation is 1. The van der Waals surface area contributed by atoms with Crippen molar-refractivity contribution in [3.05, 3.63) is 11.8 Å². The van der Waals surface area contributed by atoms with Crippen LogP contribution in [-0.4, -0.2) is 42.7 Å². The molecule has 7 nitrogen and oxygen atoms in total. The number of methoxy groups -OCH3 is 2. The van der Waals surface area contributed by atoms with E-state index in [-0.39, 0.29) is 11.9 Å². The molecule has 1 atom stereocenters. The lowest BCUT2D eigenvalue weighted by atomic mass is 10.2. The Morgan fingerprint density at radius 1 is 1.50 bits per heavy atom. The van der Waals surface area contributed by atoms with E-state index in [2.05, 4.69) is 15.3 Å². The molecule has 1 aromatic heterocycles. The van der Waals surface area contributed by atoms with Gasteiger partial charge >= 0.3 is 0 Å². The fraction of sp³-hybridized carbons (Fsp3) is 0.545. The lowest BCUT2D eigenvalue weighted by Crippen LogP contribution is -2.37. The standard InChI is InChI=1S/C11H18N4O3/c1-7-6-9(18-3)14-11(13-7)15-10(16)8(12)4-5-17-2/h6,8H,4-5,12H2,1-3H3,(H,13,14,15,16). The van der Waals surface area contributed by atoms with E-state index in [9.17, 15) is 4.79 Å². The summed E-state index contributed by atoms with van der Waals surface area (Å²) in [6.45, 7) is 2.21. The maximum Gasteiger partial charge on any atom is 0.243 e. The summed E-state index contributed by atoms with van der Waals surface area (Å²) in [7, 11) is 3.05. The van der Waals surface area contributed by atoms with E-state index in [0.29, 0.717) is 24.6 Å². The van der Waals surface area contributed by atoms with Crippen LogP contribution in [0.3, 0.4) is 0 Å².